The molecule has 3 heterocycles. The van der Waals surface area contributed by atoms with Gasteiger partial charge in [-0.2, -0.15) is 5.10 Å². The number of likely N-dealkylation sites (tertiary alicyclic amines) is 1. The van der Waals surface area contributed by atoms with E-state index in [1.54, 1.807) is 6.20 Å². The largest absolute Gasteiger partial charge is 0.334 e. The van der Waals surface area contributed by atoms with Crippen LogP contribution in [0.1, 0.15) is 46.5 Å². The van der Waals surface area contributed by atoms with Crippen LogP contribution in [0.25, 0.3) is 5.69 Å². The maximum Gasteiger partial charge on any atom is 0.257 e. The zero-order valence-electron chi connectivity index (χ0n) is 14.6. The summed E-state index contributed by atoms with van der Waals surface area (Å²) in [5.74, 6) is 0.636. The average Bonchev–Trinajstić information content (AvgIpc) is 3.23. The van der Waals surface area contributed by atoms with Crippen LogP contribution in [0.15, 0.2) is 42.7 Å². The molecule has 0 atom stereocenters. The number of carbonyl (C=O) groups is 1. The molecule has 0 unspecified atom stereocenters. The van der Waals surface area contributed by atoms with Gasteiger partial charge in [-0.05, 0) is 31.9 Å². The second-order valence-electron chi connectivity index (χ2n) is 7.15. The van der Waals surface area contributed by atoms with Crippen molar-refractivity contribution in [3.05, 3.63) is 59.7 Å². The number of para-hydroxylation sites is 1. The number of hydrogen-bond donors (Lipinski definition) is 0. The summed E-state index contributed by atoms with van der Waals surface area (Å²) in [5.41, 5.74) is 3.57. The van der Waals surface area contributed by atoms with Gasteiger partial charge in [-0.25, -0.2) is 9.36 Å². The normalized spacial score (nSPS) is 17.3. The lowest BCUT2D eigenvalue weighted by Crippen LogP contribution is -2.51. The van der Waals surface area contributed by atoms with Crippen LogP contribution in [0.4, 0.5) is 0 Å². The van der Waals surface area contributed by atoms with Crippen LogP contribution in [-0.4, -0.2) is 48.7 Å². The van der Waals surface area contributed by atoms with Gasteiger partial charge in [0.05, 0.1) is 34.9 Å². The Balaban J connectivity index is 1.28. The second kappa shape index (κ2) is 5.79. The van der Waals surface area contributed by atoms with Gasteiger partial charge in [0.25, 0.3) is 5.91 Å². The fourth-order valence-electron chi connectivity index (χ4n) is 3.44. The van der Waals surface area contributed by atoms with Gasteiger partial charge in [0, 0.05) is 25.2 Å². The SMILES string of the molecule is Cc1c(C(=O)N2CC(n3cc(C4CC4)nn3)C2)cnn1-c1ccccc1. The molecule has 5 rings (SSSR count). The van der Waals surface area contributed by atoms with Crippen LogP contribution < -0.4 is 0 Å². The van der Waals surface area contributed by atoms with Crippen LogP contribution in [-0.2, 0) is 0 Å². The van der Waals surface area contributed by atoms with E-state index in [0.717, 1.165) is 17.1 Å². The van der Waals surface area contributed by atoms with Gasteiger partial charge in [-0.3, -0.25) is 4.79 Å². The fraction of sp³-hybridized carbons (Fsp3) is 0.368. The first-order valence-corrected chi connectivity index (χ1v) is 9.02. The van der Waals surface area contributed by atoms with Gasteiger partial charge in [-0.1, -0.05) is 23.4 Å². The van der Waals surface area contributed by atoms with Crippen LogP contribution in [0.5, 0.6) is 0 Å². The molecule has 1 saturated heterocycles. The number of carbonyl (C=O) groups excluding carboxylic acids is 1. The Labute approximate surface area is 151 Å². The van der Waals surface area contributed by atoms with Crippen molar-refractivity contribution in [3.8, 4) is 5.69 Å². The zero-order valence-corrected chi connectivity index (χ0v) is 14.6. The van der Waals surface area contributed by atoms with E-state index in [2.05, 4.69) is 15.4 Å². The third kappa shape index (κ3) is 2.51. The van der Waals surface area contributed by atoms with Crippen LogP contribution >= 0.6 is 0 Å². The highest BCUT2D eigenvalue weighted by Crippen LogP contribution is 2.39. The molecular weight excluding hydrogens is 328 g/mol. The van der Waals surface area contributed by atoms with Crippen molar-refractivity contribution in [1.82, 2.24) is 29.7 Å². The van der Waals surface area contributed by atoms with E-state index in [1.807, 2.05) is 57.7 Å². The molecule has 7 nitrogen and oxygen atoms in total. The Bertz CT molecular complexity index is 950. The number of amides is 1. The van der Waals surface area contributed by atoms with Gasteiger partial charge in [-0.15, -0.1) is 5.10 Å². The van der Waals surface area contributed by atoms with Crippen molar-refractivity contribution >= 4 is 5.91 Å². The van der Waals surface area contributed by atoms with E-state index in [4.69, 9.17) is 0 Å². The summed E-state index contributed by atoms with van der Waals surface area (Å²) in [6.45, 7) is 3.27. The summed E-state index contributed by atoms with van der Waals surface area (Å²) in [6.07, 6.45) is 6.15. The predicted molar refractivity (Wildman–Crippen MR) is 95.2 cm³/mol. The standard InChI is InChI=1S/C19H20N6O/c1-13-17(9-20-25(13)15-5-3-2-4-6-15)19(26)23-10-16(11-23)24-12-18(21-22-24)14-7-8-14/h2-6,9,12,14,16H,7-8,10-11H2,1H3. The van der Waals surface area contributed by atoms with Crippen molar-refractivity contribution in [2.45, 2.75) is 31.7 Å². The maximum absolute atomic E-state index is 12.8. The van der Waals surface area contributed by atoms with Gasteiger partial charge in [0.15, 0.2) is 0 Å². The predicted octanol–water partition coefficient (Wildman–Crippen LogP) is 2.35. The Morgan fingerprint density at radius 3 is 2.65 bits per heavy atom. The topological polar surface area (TPSA) is 68.8 Å². The second-order valence-corrected chi connectivity index (χ2v) is 7.15. The number of hydrogen-bond acceptors (Lipinski definition) is 4. The molecule has 132 valence electrons. The molecule has 26 heavy (non-hydrogen) atoms. The Morgan fingerprint density at radius 1 is 1.15 bits per heavy atom. The summed E-state index contributed by atoms with van der Waals surface area (Å²) in [4.78, 5) is 14.7. The first-order valence-electron chi connectivity index (χ1n) is 9.02. The van der Waals surface area contributed by atoms with E-state index in [0.29, 0.717) is 24.6 Å². The molecule has 7 heteroatoms. The highest BCUT2D eigenvalue weighted by molar-refractivity contribution is 5.95. The van der Waals surface area contributed by atoms with Crippen molar-refractivity contribution < 1.29 is 4.79 Å². The molecule has 0 radical (unpaired) electrons. The third-order valence-corrected chi connectivity index (χ3v) is 5.29. The lowest BCUT2D eigenvalue weighted by Gasteiger charge is -2.38. The van der Waals surface area contributed by atoms with E-state index < -0.39 is 0 Å². The summed E-state index contributed by atoms with van der Waals surface area (Å²) < 4.78 is 3.72. The lowest BCUT2D eigenvalue weighted by atomic mass is 10.1. The first kappa shape index (κ1) is 15.3. The van der Waals surface area contributed by atoms with Crippen molar-refractivity contribution in [2.24, 2.45) is 0 Å². The van der Waals surface area contributed by atoms with Crippen molar-refractivity contribution in [2.75, 3.05) is 13.1 Å². The Kier molecular flexibility index (Phi) is 3.41. The van der Waals surface area contributed by atoms with Crippen LogP contribution in [0.2, 0.25) is 0 Å². The molecule has 1 aliphatic carbocycles. The van der Waals surface area contributed by atoms with Gasteiger partial charge < -0.3 is 4.90 Å². The van der Waals surface area contributed by atoms with Gasteiger partial charge in [0.1, 0.15) is 0 Å². The van der Waals surface area contributed by atoms with E-state index in [1.165, 1.54) is 12.8 Å². The molecule has 1 amide bonds. The molecule has 3 aromatic rings. The molecule has 1 aliphatic heterocycles. The van der Waals surface area contributed by atoms with Crippen molar-refractivity contribution in [3.63, 3.8) is 0 Å². The Hall–Kier alpha value is -2.96. The van der Waals surface area contributed by atoms with Crippen LogP contribution in [0.3, 0.4) is 0 Å². The van der Waals surface area contributed by atoms with E-state index >= 15 is 0 Å². The van der Waals surface area contributed by atoms with E-state index in [-0.39, 0.29) is 11.9 Å². The third-order valence-electron chi connectivity index (χ3n) is 5.29. The minimum Gasteiger partial charge on any atom is -0.334 e. The molecule has 1 saturated carbocycles. The molecule has 0 spiro atoms. The molecule has 2 aliphatic rings. The summed E-state index contributed by atoms with van der Waals surface area (Å²) in [7, 11) is 0. The summed E-state index contributed by atoms with van der Waals surface area (Å²) >= 11 is 0. The molecule has 0 bridgehead atoms. The monoisotopic (exact) mass is 348 g/mol. The fourth-order valence-corrected chi connectivity index (χ4v) is 3.44. The number of aromatic nitrogens is 5. The molecule has 2 aromatic heterocycles. The lowest BCUT2D eigenvalue weighted by molar-refractivity contribution is 0.0497. The smallest absolute Gasteiger partial charge is 0.257 e. The van der Waals surface area contributed by atoms with Crippen molar-refractivity contribution in [1.29, 1.82) is 0 Å². The van der Waals surface area contributed by atoms with E-state index in [9.17, 15) is 4.79 Å². The highest BCUT2D eigenvalue weighted by Gasteiger charge is 2.35. The summed E-state index contributed by atoms with van der Waals surface area (Å²) in [6, 6.07) is 10.1. The Morgan fingerprint density at radius 2 is 1.92 bits per heavy atom. The minimum absolute atomic E-state index is 0.0310. The maximum atomic E-state index is 12.8. The first-order chi connectivity index (χ1) is 12.7. The molecular formula is C19H20N6O. The average molecular weight is 348 g/mol. The quantitative estimate of drug-likeness (QED) is 0.726. The minimum atomic E-state index is 0.0310. The van der Waals surface area contributed by atoms with Gasteiger partial charge in [0.2, 0.25) is 0 Å². The molecule has 2 fully saturated rings. The number of benzene rings is 1. The van der Waals surface area contributed by atoms with Gasteiger partial charge >= 0.3 is 0 Å². The molecule has 0 N–H and O–H groups in total. The van der Waals surface area contributed by atoms with Crippen LogP contribution in [0, 0.1) is 6.92 Å². The molecule has 1 aromatic carbocycles. The number of nitrogens with zero attached hydrogens (tertiary/aromatic N) is 6. The zero-order chi connectivity index (χ0) is 17.7. The highest BCUT2D eigenvalue weighted by atomic mass is 16.2. The summed E-state index contributed by atoms with van der Waals surface area (Å²) in [5, 5.41) is 12.9. The number of rotatable bonds is 4.